The number of nitro benzene ring substituents is 1. The maximum Gasteiger partial charge on any atom is 0.270 e. The first-order valence-corrected chi connectivity index (χ1v) is 12.0. The first-order chi connectivity index (χ1) is 17.1. The second-order valence-corrected chi connectivity index (χ2v) is 9.20. The van der Waals surface area contributed by atoms with E-state index in [4.69, 9.17) is 14.2 Å². The molecule has 0 spiro atoms. The third-order valence-corrected chi connectivity index (χ3v) is 6.73. The highest BCUT2D eigenvalue weighted by Crippen LogP contribution is 2.38. The van der Waals surface area contributed by atoms with Gasteiger partial charge in [-0.3, -0.25) is 19.6 Å². The van der Waals surface area contributed by atoms with Crippen molar-refractivity contribution >= 4 is 33.3 Å². The van der Waals surface area contributed by atoms with Crippen LogP contribution >= 0.6 is 0 Å². The molecule has 36 heavy (non-hydrogen) atoms. The smallest absolute Gasteiger partial charge is 0.270 e. The van der Waals surface area contributed by atoms with Gasteiger partial charge in [-0.1, -0.05) is 12.1 Å². The number of hydrogen-bond donors (Lipinski definition) is 1. The number of carbonyl (C=O) groups is 1. The minimum Gasteiger partial charge on any atom is -0.493 e. The van der Waals surface area contributed by atoms with E-state index in [9.17, 15) is 23.3 Å². The summed E-state index contributed by atoms with van der Waals surface area (Å²) in [6.07, 6.45) is 2.96. The van der Waals surface area contributed by atoms with Crippen molar-refractivity contribution in [2.75, 3.05) is 26.1 Å². The highest BCUT2D eigenvalue weighted by molar-refractivity contribution is 7.92. The molecule has 0 fully saturated rings. The van der Waals surface area contributed by atoms with E-state index in [2.05, 4.69) is 4.72 Å². The van der Waals surface area contributed by atoms with E-state index >= 15 is 0 Å². The molecule has 10 nitrogen and oxygen atoms in total. The number of ether oxygens (including phenoxy) is 3. The van der Waals surface area contributed by atoms with Gasteiger partial charge in [0, 0.05) is 23.4 Å². The first kappa shape index (κ1) is 26.2. The molecular formula is C25H24N2O8S. The number of allylic oxidation sites excluding steroid dienone is 1. The zero-order chi connectivity index (χ0) is 26.5. The lowest BCUT2D eigenvalue weighted by Gasteiger charge is -2.12. The Hall–Kier alpha value is -4.38. The van der Waals surface area contributed by atoms with Crippen molar-refractivity contribution in [3.63, 3.8) is 0 Å². The van der Waals surface area contributed by atoms with Gasteiger partial charge in [0.15, 0.2) is 17.3 Å². The second-order valence-electron chi connectivity index (χ2n) is 7.55. The molecule has 0 bridgehead atoms. The molecule has 3 rings (SSSR count). The summed E-state index contributed by atoms with van der Waals surface area (Å²) in [5.41, 5.74) is 1.20. The maximum atomic E-state index is 12.8. The molecule has 0 amide bonds. The molecule has 0 aliphatic carbocycles. The molecule has 1 N–H and O–H groups in total. The molecule has 3 aromatic rings. The number of nitrogens with zero attached hydrogens (tertiary/aromatic N) is 1. The average molecular weight is 513 g/mol. The minimum absolute atomic E-state index is 0.200. The van der Waals surface area contributed by atoms with Crippen molar-refractivity contribution in [2.45, 2.75) is 11.8 Å². The van der Waals surface area contributed by atoms with Crippen molar-refractivity contribution in [2.24, 2.45) is 0 Å². The fraction of sp³-hybridized carbons (Fsp3) is 0.160. The number of carbonyl (C=O) groups excluding carboxylic acids is 1. The molecule has 188 valence electrons. The van der Waals surface area contributed by atoms with E-state index in [-0.39, 0.29) is 22.1 Å². The van der Waals surface area contributed by atoms with Crippen molar-refractivity contribution in [1.29, 1.82) is 0 Å². The fourth-order valence-corrected chi connectivity index (χ4v) is 4.69. The normalized spacial score (nSPS) is 11.2. The Morgan fingerprint density at radius 3 is 2.08 bits per heavy atom. The summed E-state index contributed by atoms with van der Waals surface area (Å²) in [6, 6.07) is 12.8. The van der Waals surface area contributed by atoms with Gasteiger partial charge in [0.1, 0.15) is 0 Å². The third kappa shape index (κ3) is 5.81. The van der Waals surface area contributed by atoms with E-state index in [1.54, 1.807) is 25.1 Å². The lowest BCUT2D eigenvalue weighted by atomic mass is 10.1. The van der Waals surface area contributed by atoms with Gasteiger partial charge in [0.25, 0.3) is 15.7 Å². The summed E-state index contributed by atoms with van der Waals surface area (Å²) >= 11 is 0. The SMILES string of the molecule is COc1cc(C=CC(=O)c2ccc(NS(=O)(=O)c3cc([N+](=O)[O-])ccc3C)cc2)cc(OC)c1OC. The number of rotatable bonds is 10. The minimum atomic E-state index is -4.09. The molecule has 0 aliphatic rings. The summed E-state index contributed by atoms with van der Waals surface area (Å²) in [6.45, 7) is 1.54. The van der Waals surface area contributed by atoms with Crippen LogP contribution in [0, 0.1) is 17.0 Å². The van der Waals surface area contributed by atoms with E-state index in [0.717, 1.165) is 6.07 Å². The molecule has 11 heteroatoms. The average Bonchev–Trinajstić information content (AvgIpc) is 2.86. The van der Waals surface area contributed by atoms with Gasteiger partial charge in [-0.15, -0.1) is 0 Å². The number of benzene rings is 3. The quantitative estimate of drug-likeness (QED) is 0.180. The molecule has 0 heterocycles. The van der Waals surface area contributed by atoms with Crippen LogP contribution in [0.4, 0.5) is 11.4 Å². The molecule has 0 saturated carbocycles. The first-order valence-electron chi connectivity index (χ1n) is 10.5. The highest BCUT2D eigenvalue weighted by Gasteiger charge is 2.21. The predicted octanol–water partition coefficient (Wildman–Crippen LogP) is 4.63. The van der Waals surface area contributed by atoms with Gasteiger partial charge >= 0.3 is 0 Å². The lowest BCUT2D eigenvalue weighted by molar-refractivity contribution is -0.385. The van der Waals surface area contributed by atoms with Crippen molar-refractivity contribution in [1.82, 2.24) is 0 Å². The molecule has 0 aliphatic heterocycles. The van der Waals surface area contributed by atoms with Gasteiger partial charge in [-0.25, -0.2) is 8.42 Å². The van der Waals surface area contributed by atoms with E-state index in [1.807, 2.05) is 0 Å². The van der Waals surface area contributed by atoms with Crippen LogP contribution in [0.25, 0.3) is 6.08 Å². The topological polar surface area (TPSA) is 134 Å². The summed E-state index contributed by atoms with van der Waals surface area (Å²) in [7, 11) is 0.393. The molecule has 0 unspecified atom stereocenters. The molecule has 0 atom stereocenters. The molecule has 0 radical (unpaired) electrons. The Morgan fingerprint density at radius 1 is 0.944 bits per heavy atom. The molecule has 0 aromatic heterocycles. The van der Waals surface area contributed by atoms with Crippen LogP contribution in [0.15, 0.2) is 65.6 Å². The van der Waals surface area contributed by atoms with Gasteiger partial charge in [-0.05, 0) is 60.5 Å². The largest absolute Gasteiger partial charge is 0.493 e. The van der Waals surface area contributed by atoms with Crippen LogP contribution in [0.2, 0.25) is 0 Å². The number of sulfonamides is 1. The number of ketones is 1. The number of aryl methyl sites for hydroxylation is 1. The van der Waals surface area contributed by atoms with Crippen molar-refractivity contribution < 1.29 is 32.3 Å². The summed E-state index contributed by atoms with van der Waals surface area (Å²) in [4.78, 5) is 22.8. The monoisotopic (exact) mass is 512 g/mol. The third-order valence-electron chi connectivity index (χ3n) is 5.21. The van der Waals surface area contributed by atoms with Crippen LogP contribution in [0.3, 0.4) is 0 Å². The Labute approximate surface area is 208 Å². The fourth-order valence-electron chi connectivity index (χ4n) is 3.37. The van der Waals surface area contributed by atoms with Crippen LogP contribution in [0.5, 0.6) is 17.2 Å². The second kappa shape index (κ2) is 10.9. The van der Waals surface area contributed by atoms with Crippen LogP contribution in [-0.2, 0) is 10.0 Å². The van der Waals surface area contributed by atoms with Crippen molar-refractivity contribution in [3.05, 3.63) is 87.5 Å². The van der Waals surface area contributed by atoms with Crippen molar-refractivity contribution in [3.8, 4) is 17.2 Å². The number of hydrogen-bond acceptors (Lipinski definition) is 8. The Morgan fingerprint density at radius 2 is 1.56 bits per heavy atom. The van der Waals surface area contributed by atoms with Gasteiger partial charge in [0.05, 0.1) is 31.1 Å². The van der Waals surface area contributed by atoms with E-state index < -0.39 is 14.9 Å². The maximum absolute atomic E-state index is 12.8. The number of nitrogens with one attached hydrogen (secondary N) is 1. The highest BCUT2D eigenvalue weighted by atomic mass is 32.2. The number of non-ortho nitro benzene ring substituents is 1. The summed E-state index contributed by atoms with van der Waals surface area (Å²) < 4.78 is 43.9. The molecule has 3 aromatic carbocycles. The predicted molar refractivity (Wildman–Crippen MR) is 135 cm³/mol. The van der Waals surface area contributed by atoms with Gasteiger partial charge < -0.3 is 14.2 Å². The Kier molecular flexibility index (Phi) is 7.95. The van der Waals surface area contributed by atoms with E-state index in [1.165, 1.54) is 63.8 Å². The molecular weight excluding hydrogens is 488 g/mol. The van der Waals surface area contributed by atoms with Crippen LogP contribution < -0.4 is 18.9 Å². The zero-order valence-corrected chi connectivity index (χ0v) is 20.8. The number of anilines is 1. The van der Waals surface area contributed by atoms with Crippen LogP contribution in [0.1, 0.15) is 21.5 Å². The summed E-state index contributed by atoms with van der Waals surface area (Å²) in [5.74, 6) is 1.01. The van der Waals surface area contributed by atoms with E-state index in [0.29, 0.717) is 33.9 Å². The van der Waals surface area contributed by atoms with Gasteiger partial charge in [0.2, 0.25) is 5.75 Å². The summed E-state index contributed by atoms with van der Waals surface area (Å²) in [5, 5.41) is 11.0. The Balaban J connectivity index is 1.78. The number of methoxy groups -OCH3 is 3. The lowest BCUT2D eigenvalue weighted by Crippen LogP contribution is -2.14. The zero-order valence-electron chi connectivity index (χ0n) is 20.0. The standard InChI is InChI=1S/C25H24N2O8S/c1-16-5-11-20(27(29)30)15-24(16)36(31,32)26-19-9-7-18(8-10-19)21(28)12-6-17-13-22(33-2)25(35-4)23(14-17)34-3/h5-15,26H,1-4H3. The van der Waals surface area contributed by atoms with Gasteiger partial charge in [-0.2, -0.15) is 0 Å². The Bertz CT molecular complexity index is 1410. The molecule has 0 saturated heterocycles. The number of nitro groups is 1. The van der Waals surface area contributed by atoms with Crippen LogP contribution in [-0.4, -0.2) is 40.5 Å².